The molecule has 5 N–H and O–H groups in total. The Labute approximate surface area is 83.5 Å². The van der Waals surface area contributed by atoms with Gasteiger partial charge in [0.05, 0.1) is 5.84 Å². The van der Waals surface area contributed by atoms with Crippen LogP contribution in [0.15, 0.2) is 17.1 Å². The van der Waals surface area contributed by atoms with Crippen LogP contribution >= 0.6 is 0 Å². The van der Waals surface area contributed by atoms with E-state index in [1.165, 1.54) is 13.0 Å². The predicted octanol–water partition coefficient (Wildman–Crippen LogP) is 0.112. The Morgan fingerprint density at radius 3 is 2.64 bits per heavy atom. The lowest BCUT2D eigenvalue weighted by Crippen LogP contribution is -2.42. The Kier molecular flexibility index (Phi) is 4.86. The molecule has 0 aliphatic rings. The first-order chi connectivity index (χ1) is 6.36. The maximum Gasteiger partial charge on any atom is 0.327 e. The average molecular weight is 199 g/mol. The van der Waals surface area contributed by atoms with Crippen LogP contribution in [0.3, 0.4) is 0 Å². The second-order valence-electron chi connectivity index (χ2n) is 3.30. The summed E-state index contributed by atoms with van der Waals surface area (Å²) in [5.41, 5.74) is 9.47. The lowest BCUT2D eigenvalue weighted by atomic mass is 10.0. The third-order valence-corrected chi connectivity index (χ3v) is 1.58. The molecule has 1 unspecified atom stereocenters. The Hall–Kier alpha value is -1.36. The molecule has 0 aliphatic heterocycles. The maximum absolute atomic E-state index is 10.6. The van der Waals surface area contributed by atoms with E-state index >= 15 is 0 Å². The van der Waals surface area contributed by atoms with Crippen LogP contribution in [0.25, 0.3) is 0 Å². The van der Waals surface area contributed by atoms with Crippen LogP contribution in [0, 0.1) is 0 Å². The van der Waals surface area contributed by atoms with E-state index < -0.39 is 11.5 Å². The van der Waals surface area contributed by atoms with Crippen LogP contribution in [0.2, 0.25) is 0 Å². The SMILES string of the molecule is CC(N)=NCC/C=C\C(C)(N)C(=O)O. The van der Waals surface area contributed by atoms with Crippen molar-refractivity contribution in [2.45, 2.75) is 25.8 Å². The van der Waals surface area contributed by atoms with E-state index in [4.69, 9.17) is 16.6 Å². The Morgan fingerprint density at radius 2 is 2.21 bits per heavy atom. The van der Waals surface area contributed by atoms with Gasteiger partial charge in [-0.2, -0.15) is 0 Å². The fraction of sp³-hybridized carbons (Fsp3) is 0.556. The molecule has 1 atom stereocenters. The van der Waals surface area contributed by atoms with Crippen molar-refractivity contribution in [3.05, 3.63) is 12.2 Å². The molecule has 0 aliphatic carbocycles. The average Bonchev–Trinajstić information content (AvgIpc) is 2.02. The number of carbonyl (C=O) groups is 1. The largest absolute Gasteiger partial charge is 0.480 e. The van der Waals surface area contributed by atoms with Crippen molar-refractivity contribution in [2.75, 3.05) is 6.54 Å². The van der Waals surface area contributed by atoms with Gasteiger partial charge in [-0.3, -0.25) is 4.99 Å². The number of hydrogen-bond acceptors (Lipinski definition) is 3. The molecule has 0 aromatic carbocycles. The highest BCUT2D eigenvalue weighted by atomic mass is 16.4. The van der Waals surface area contributed by atoms with Crippen molar-refractivity contribution in [3.63, 3.8) is 0 Å². The van der Waals surface area contributed by atoms with E-state index in [0.717, 1.165) is 0 Å². The normalized spacial score (nSPS) is 16.9. The molecular formula is C9H17N3O2. The second kappa shape index (κ2) is 5.39. The number of nitrogens with two attached hydrogens (primary N) is 2. The smallest absolute Gasteiger partial charge is 0.327 e. The van der Waals surface area contributed by atoms with E-state index in [9.17, 15) is 4.79 Å². The van der Waals surface area contributed by atoms with Crippen molar-refractivity contribution >= 4 is 11.8 Å². The van der Waals surface area contributed by atoms with E-state index in [1.807, 2.05) is 0 Å². The van der Waals surface area contributed by atoms with Crippen LogP contribution < -0.4 is 11.5 Å². The summed E-state index contributed by atoms with van der Waals surface area (Å²) in [5, 5.41) is 8.66. The first-order valence-electron chi connectivity index (χ1n) is 4.33. The number of carboxylic acids is 1. The Morgan fingerprint density at radius 1 is 1.64 bits per heavy atom. The van der Waals surface area contributed by atoms with Crippen LogP contribution in [0.4, 0.5) is 0 Å². The van der Waals surface area contributed by atoms with Gasteiger partial charge in [0.1, 0.15) is 5.54 Å². The minimum atomic E-state index is -1.30. The van der Waals surface area contributed by atoms with Crippen molar-refractivity contribution in [2.24, 2.45) is 16.5 Å². The van der Waals surface area contributed by atoms with Gasteiger partial charge in [0.25, 0.3) is 0 Å². The molecule has 0 aromatic heterocycles. The summed E-state index contributed by atoms with van der Waals surface area (Å²) in [6.45, 7) is 3.69. The fourth-order valence-corrected chi connectivity index (χ4v) is 0.715. The zero-order valence-electron chi connectivity index (χ0n) is 8.53. The number of aliphatic carboxylic acids is 1. The van der Waals surface area contributed by atoms with Gasteiger partial charge < -0.3 is 16.6 Å². The lowest BCUT2D eigenvalue weighted by molar-refractivity contribution is -0.140. The van der Waals surface area contributed by atoms with Gasteiger partial charge >= 0.3 is 5.97 Å². The Bertz CT molecular complexity index is 253. The molecule has 0 amide bonds. The first-order valence-corrected chi connectivity index (χ1v) is 4.33. The van der Waals surface area contributed by atoms with Crippen molar-refractivity contribution in [3.8, 4) is 0 Å². The molecular weight excluding hydrogens is 182 g/mol. The van der Waals surface area contributed by atoms with E-state index in [1.54, 1.807) is 13.0 Å². The highest BCUT2D eigenvalue weighted by Crippen LogP contribution is 2.02. The summed E-state index contributed by atoms with van der Waals surface area (Å²) in [7, 11) is 0. The molecule has 80 valence electrons. The topological polar surface area (TPSA) is 102 Å². The zero-order valence-corrected chi connectivity index (χ0v) is 8.53. The fourth-order valence-electron chi connectivity index (χ4n) is 0.715. The highest BCUT2D eigenvalue weighted by Gasteiger charge is 2.23. The maximum atomic E-state index is 10.6. The molecule has 0 saturated heterocycles. The van der Waals surface area contributed by atoms with Crippen LogP contribution in [-0.4, -0.2) is 29.0 Å². The molecule has 0 rings (SSSR count). The monoisotopic (exact) mass is 199 g/mol. The summed E-state index contributed by atoms with van der Waals surface area (Å²) >= 11 is 0. The van der Waals surface area contributed by atoms with E-state index in [-0.39, 0.29) is 0 Å². The van der Waals surface area contributed by atoms with Gasteiger partial charge in [0.15, 0.2) is 0 Å². The van der Waals surface area contributed by atoms with Crippen LogP contribution in [0.5, 0.6) is 0 Å². The number of carboxylic acid groups (broad SMARTS) is 1. The highest BCUT2D eigenvalue weighted by molar-refractivity contribution is 5.80. The minimum Gasteiger partial charge on any atom is -0.480 e. The number of rotatable bonds is 5. The van der Waals surface area contributed by atoms with Gasteiger partial charge in [0, 0.05) is 6.54 Å². The molecule has 0 fully saturated rings. The summed E-state index contributed by atoms with van der Waals surface area (Å²) in [6.07, 6.45) is 3.78. The third-order valence-electron chi connectivity index (χ3n) is 1.58. The summed E-state index contributed by atoms with van der Waals surface area (Å²) in [5.74, 6) is -0.528. The van der Waals surface area contributed by atoms with Crippen LogP contribution in [0.1, 0.15) is 20.3 Å². The number of aliphatic imine (C=N–C) groups is 1. The van der Waals surface area contributed by atoms with Crippen molar-refractivity contribution in [1.29, 1.82) is 0 Å². The Balaban J connectivity index is 3.95. The predicted molar refractivity (Wildman–Crippen MR) is 56.1 cm³/mol. The van der Waals surface area contributed by atoms with Gasteiger partial charge in [-0.1, -0.05) is 12.2 Å². The molecule has 0 bridgehead atoms. The lowest BCUT2D eigenvalue weighted by Gasteiger charge is -2.12. The number of nitrogens with zero attached hydrogens (tertiary/aromatic N) is 1. The standard InChI is InChI=1S/C9H17N3O2/c1-7(10)12-6-4-3-5-9(2,11)8(13)14/h3,5H,4,6,11H2,1-2H3,(H2,10,12)(H,13,14)/b5-3-. The molecule has 0 radical (unpaired) electrons. The summed E-state index contributed by atoms with van der Waals surface area (Å²) in [6, 6.07) is 0. The van der Waals surface area contributed by atoms with E-state index in [2.05, 4.69) is 4.99 Å². The molecule has 0 heterocycles. The molecule has 0 spiro atoms. The van der Waals surface area contributed by atoms with Crippen molar-refractivity contribution < 1.29 is 9.90 Å². The molecule has 0 aromatic rings. The molecule has 0 saturated carbocycles. The van der Waals surface area contributed by atoms with Crippen molar-refractivity contribution in [1.82, 2.24) is 0 Å². The zero-order chi connectivity index (χ0) is 11.2. The molecule has 5 heteroatoms. The first kappa shape index (κ1) is 12.6. The molecule has 5 nitrogen and oxygen atoms in total. The number of hydrogen-bond donors (Lipinski definition) is 3. The van der Waals surface area contributed by atoms with Gasteiger partial charge in [-0.05, 0) is 20.3 Å². The third kappa shape index (κ3) is 5.31. The second-order valence-corrected chi connectivity index (χ2v) is 3.30. The summed E-state index contributed by atoms with van der Waals surface area (Å²) in [4.78, 5) is 14.5. The number of amidine groups is 1. The minimum absolute atomic E-state index is 0.521. The van der Waals surface area contributed by atoms with E-state index in [0.29, 0.717) is 18.8 Å². The van der Waals surface area contributed by atoms with Gasteiger partial charge in [-0.15, -0.1) is 0 Å². The quantitative estimate of drug-likeness (QED) is 0.253. The summed E-state index contributed by atoms with van der Waals surface area (Å²) < 4.78 is 0. The van der Waals surface area contributed by atoms with Gasteiger partial charge in [0.2, 0.25) is 0 Å². The molecule has 14 heavy (non-hydrogen) atoms. The van der Waals surface area contributed by atoms with Gasteiger partial charge in [-0.25, -0.2) is 4.79 Å². The van der Waals surface area contributed by atoms with Crippen LogP contribution in [-0.2, 0) is 4.79 Å².